The van der Waals surface area contributed by atoms with Gasteiger partial charge in [-0.05, 0) is 47.1 Å². The van der Waals surface area contributed by atoms with E-state index >= 15 is 0 Å². The minimum Gasteiger partial charge on any atom is -0.358 e. The Morgan fingerprint density at radius 3 is 2.95 bits per heavy atom. The maximum Gasteiger partial charge on any atom is 0.351 e. The van der Waals surface area contributed by atoms with Crippen molar-refractivity contribution in [1.29, 1.82) is 0 Å². The first-order valence-electron chi connectivity index (χ1n) is 6.22. The molecule has 0 aliphatic rings. The lowest BCUT2D eigenvalue weighted by atomic mass is 10.1. The highest BCUT2D eigenvalue weighted by Gasteiger charge is 2.23. The van der Waals surface area contributed by atoms with Gasteiger partial charge in [-0.1, -0.05) is 11.6 Å². The number of aromatic amines is 1. The summed E-state index contributed by atoms with van der Waals surface area (Å²) >= 11 is 6.06. The maximum absolute atomic E-state index is 10.4. The Kier molecular flexibility index (Phi) is 3.30. The van der Waals surface area contributed by atoms with Gasteiger partial charge in [-0.2, -0.15) is 0 Å². The molecular formula is C14H14ClN4O+. The highest BCUT2D eigenvalue weighted by molar-refractivity contribution is 6.31. The van der Waals surface area contributed by atoms with E-state index in [-0.39, 0.29) is 0 Å². The number of fused-ring (bicyclic) bond motifs is 1. The number of benzene rings is 1. The summed E-state index contributed by atoms with van der Waals surface area (Å²) in [7, 11) is 1.81. The molecule has 0 radical (unpaired) electrons. The first-order chi connectivity index (χ1) is 9.70. The van der Waals surface area contributed by atoms with Crippen LogP contribution in [0.4, 0.5) is 0 Å². The third-order valence-corrected chi connectivity index (χ3v) is 3.34. The van der Waals surface area contributed by atoms with Crippen LogP contribution in [-0.2, 0) is 6.54 Å². The number of H-pyrrole nitrogens is 1. The number of hydrogen-bond donors (Lipinski definition) is 3. The summed E-state index contributed by atoms with van der Waals surface area (Å²) in [5.74, 6) is 0.534. The van der Waals surface area contributed by atoms with Gasteiger partial charge in [0.15, 0.2) is 5.52 Å². The molecule has 0 saturated carbocycles. The van der Waals surface area contributed by atoms with Crippen molar-refractivity contribution in [2.24, 2.45) is 0 Å². The molecule has 20 heavy (non-hydrogen) atoms. The molecule has 0 spiro atoms. The summed E-state index contributed by atoms with van der Waals surface area (Å²) in [6.07, 6.45) is 1.81. The molecule has 0 unspecified atom stereocenters. The fourth-order valence-corrected chi connectivity index (χ4v) is 2.41. The molecule has 0 amide bonds. The molecule has 2 aromatic heterocycles. The van der Waals surface area contributed by atoms with Gasteiger partial charge in [-0.3, -0.25) is 0 Å². The van der Waals surface area contributed by atoms with Crippen LogP contribution in [0.2, 0.25) is 5.02 Å². The van der Waals surface area contributed by atoms with Crippen molar-refractivity contribution in [3.05, 3.63) is 47.4 Å². The van der Waals surface area contributed by atoms with Gasteiger partial charge in [-0.15, -0.1) is 0 Å². The molecule has 0 saturated heterocycles. The minimum absolute atomic E-state index is 0.461. The SMILES string of the molecule is CNCc1nc2ccc(Cl)cc2c(-c2ccc[nH]2)[n+]1O. The highest BCUT2D eigenvalue weighted by atomic mass is 35.5. The van der Waals surface area contributed by atoms with Crippen LogP contribution in [0.15, 0.2) is 36.5 Å². The molecule has 0 aliphatic carbocycles. The van der Waals surface area contributed by atoms with Crippen molar-refractivity contribution in [2.75, 3.05) is 7.05 Å². The Morgan fingerprint density at radius 1 is 1.40 bits per heavy atom. The van der Waals surface area contributed by atoms with Gasteiger partial charge in [0, 0.05) is 11.2 Å². The first-order valence-corrected chi connectivity index (χ1v) is 6.60. The monoisotopic (exact) mass is 289 g/mol. The van der Waals surface area contributed by atoms with Gasteiger partial charge >= 0.3 is 5.82 Å². The van der Waals surface area contributed by atoms with E-state index < -0.39 is 0 Å². The Labute approximate surface area is 120 Å². The van der Waals surface area contributed by atoms with Crippen LogP contribution in [0.3, 0.4) is 0 Å². The molecule has 2 heterocycles. The molecule has 0 fully saturated rings. The van der Waals surface area contributed by atoms with Crippen molar-refractivity contribution in [3.8, 4) is 11.4 Å². The van der Waals surface area contributed by atoms with Crippen molar-refractivity contribution in [3.63, 3.8) is 0 Å². The number of hydrogen-bond acceptors (Lipinski definition) is 3. The molecule has 0 aliphatic heterocycles. The molecule has 0 atom stereocenters. The summed E-state index contributed by atoms with van der Waals surface area (Å²) in [6.45, 7) is 0.461. The second-order valence-corrected chi connectivity index (χ2v) is 4.90. The van der Waals surface area contributed by atoms with Crippen LogP contribution in [0.5, 0.6) is 0 Å². The van der Waals surface area contributed by atoms with E-state index in [0.717, 1.165) is 21.3 Å². The lowest BCUT2D eigenvalue weighted by molar-refractivity contribution is -0.902. The summed E-state index contributed by atoms with van der Waals surface area (Å²) in [6, 6.07) is 9.22. The first kappa shape index (κ1) is 12.9. The van der Waals surface area contributed by atoms with Crippen molar-refractivity contribution in [1.82, 2.24) is 15.3 Å². The fourth-order valence-electron chi connectivity index (χ4n) is 2.23. The van der Waals surface area contributed by atoms with Gasteiger partial charge in [0.2, 0.25) is 5.69 Å². The molecule has 6 heteroatoms. The summed E-state index contributed by atoms with van der Waals surface area (Å²) < 4.78 is 1.10. The van der Waals surface area contributed by atoms with E-state index in [9.17, 15) is 5.21 Å². The normalized spacial score (nSPS) is 11.1. The van der Waals surface area contributed by atoms with E-state index in [2.05, 4.69) is 15.3 Å². The molecule has 102 valence electrons. The highest BCUT2D eigenvalue weighted by Crippen LogP contribution is 2.26. The fraction of sp³-hybridized carbons (Fsp3) is 0.143. The molecular weight excluding hydrogens is 276 g/mol. The second-order valence-electron chi connectivity index (χ2n) is 4.46. The maximum atomic E-state index is 10.4. The third-order valence-electron chi connectivity index (χ3n) is 3.11. The predicted octanol–water partition coefficient (Wildman–Crippen LogP) is 2.13. The van der Waals surface area contributed by atoms with Crippen LogP contribution >= 0.6 is 11.6 Å². The van der Waals surface area contributed by atoms with Crippen LogP contribution in [0.25, 0.3) is 22.3 Å². The van der Waals surface area contributed by atoms with Gasteiger partial charge in [0.05, 0.1) is 11.1 Å². The van der Waals surface area contributed by atoms with Gasteiger partial charge in [0.1, 0.15) is 6.54 Å². The molecule has 3 N–H and O–H groups in total. The van der Waals surface area contributed by atoms with E-state index in [4.69, 9.17) is 11.6 Å². The summed E-state index contributed by atoms with van der Waals surface area (Å²) in [4.78, 5) is 7.56. The minimum atomic E-state index is 0.461. The van der Waals surface area contributed by atoms with Crippen molar-refractivity contribution < 1.29 is 9.94 Å². The average Bonchev–Trinajstić information content (AvgIpc) is 2.94. The molecule has 1 aromatic carbocycles. The molecule has 3 rings (SSSR count). The Morgan fingerprint density at radius 2 is 2.25 bits per heavy atom. The predicted molar refractivity (Wildman–Crippen MR) is 76.7 cm³/mol. The third kappa shape index (κ3) is 2.11. The lowest BCUT2D eigenvalue weighted by Gasteiger charge is -2.05. The Bertz CT molecular complexity index is 755. The van der Waals surface area contributed by atoms with Crippen LogP contribution < -0.4 is 10.0 Å². The van der Waals surface area contributed by atoms with Gasteiger partial charge in [-0.25, -0.2) is 0 Å². The quantitative estimate of drug-likeness (QED) is 0.511. The Hall–Kier alpha value is -2.11. The summed E-state index contributed by atoms with van der Waals surface area (Å²) in [5.41, 5.74) is 2.24. The zero-order valence-electron chi connectivity index (χ0n) is 10.9. The Balaban J connectivity index is 2.38. The van der Waals surface area contributed by atoms with Crippen LogP contribution in [-0.4, -0.2) is 22.2 Å². The lowest BCUT2D eigenvalue weighted by Crippen LogP contribution is -2.41. The smallest absolute Gasteiger partial charge is 0.351 e. The van der Waals surface area contributed by atoms with Crippen molar-refractivity contribution in [2.45, 2.75) is 6.54 Å². The number of nitrogens with zero attached hydrogens (tertiary/aromatic N) is 2. The second kappa shape index (κ2) is 5.11. The largest absolute Gasteiger partial charge is 0.358 e. The molecule has 3 aromatic rings. The van der Waals surface area contributed by atoms with E-state index in [1.54, 1.807) is 12.1 Å². The van der Waals surface area contributed by atoms with E-state index in [1.807, 2.05) is 31.4 Å². The number of nitrogens with one attached hydrogen (secondary N) is 2. The van der Waals surface area contributed by atoms with E-state index in [0.29, 0.717) is 23.1 Å². The van der Waals surface area contributed by atoms with Gasteiger partial charge in [0.25, 0.3) is 0 Å². The standard InChI is InChI=1S/C14H13ClN4O/c1-16-8-13-18-11-5-4-9(15)7-10(11)14(19(13)20)12-3-2-6-17-12/h2-7,16,20H,8H2,1H3/p+1. The number of halogens is 1. The average molecular weight is 290 g/mol. The van der Waals surface area contributed by atoms with Gasteiger partial charge < -0.3 is 15.5 Å². The molecule has 0 bridgehead atoms. The van der Waals surface area contributed by atoms with Crippen LogP contribution in [0.1, 0.15) is 5.82 Å². The van der Waals surface area contributed by atoms with E-state index in [1.165, 1.54) is 0 Å². The topological polar surface area (TPSA) is 64.8 Å². The number of rotatable bonds is 3. The zero-order valence-corrected chi connectivity index (χ0v) is 11.6. The summed E-state index contributed by atoms with van der Waals surface area (Å²) in [5, 5.41) is 14.8. The molecule has 5 nitrogen and oxygen atoms in total. The number of aromatic nitrogens is 3. The zero-order chi connectivity index (χ0) is 14.1. The van der Waals surface area contributed by atoms with Crippen LogP contribution in [0, 0.1) is 0 Å². The van der Waals surface area contributed by atoms with Crippen molar-refractivity contribution >= 4 is 22.5 Å².